The van der Waals surface area contributed by atoms with E-state index in [0.29, 0.717) is 21.2 Å². The lowest BCUT2D eigenvalue weighted by atomic mass is 10.2. The number of carbonyl (C=O) groups excluding carboxylic acids is 2. The van der Waals surface area contributed by atoms with Crippen LogP contribution in [0.1, 0.15) is 15.9 Å². The summed E-state index contributed by atoms with van der Waals surface area (Å²) in [6, 6.07) is 17.9. The Kier molecular flexibility index (Phi) is 7.89. The molecule has 3 rings (SSSR count). The van der Waals surface area contributed by atoms with Crippen LogP contribution in [0.15, 0.2) is 71.8 Å². The highest BCUT2D eigenvalue weighted by atomic mass is 35.5. The van der Waals surface area contributed by atoms with Crippen LogP contribution in [0, 0.1) is 0 Å². The molecule has 0 aliphatic carbocycles. The summed E-state index contributed by atoms with van der Waals surface area (Å²) in [4.78, 5) is 24.3. The third-order valence-electron chi connectivity index (χ3n) is 3.87. The van der Waals surface area contributed by atoms with Crippen molar-refractivity contribution in [2.75, 3.05) is 6.61 Å². The molecule has 31 heavy (non-hydrogen) atoms. The number of nitrogens with zero attached hydrogens (tertiary/aromatic N) is 1. The van der Waals surface area contributed by atoms with Crippen LogP contribution < -0.4 is 14.9 Å². The fourth-order valence-electron chi connectivity index (χ4n) is 2.37. The maximum Gasteiger partial charge on any atom is 0.343 e. The number of hydrogen-bond acceptors (Lipinski definition) is 5. The average Bonchev–Trinajstić information content (AvgIpc) is 2.76. The molecule has 0 radical (unpaired) electrons. The van der Waals surface area contributed by atoms with E-state index in [1.54, 1.807) is 66.7 Å². The molecule has 0 unspecified atom stereocenters. The minimum atomic E-state index is -0.548. The van der Waals surface area contributed by atoms with Crippen molar-refractivity contribution in [2.45, 2.75) is 0 Å². The van der Waals surface area contributed by atoms with Gasteiger partial charge >= 0.3 is 5.97 Å². The van der Waals surface area contributed by atoms with Crippen molar-refractivity contribution in [3.05, 3.63) is 92.9 Å². The van der Waals surface area contributed by atoms with E-state index < -0.39 is 11.9 Å². The Morgan fingerprint density at radius 3 is 2.39 bits per heavy atom. The van der Waals surface area contributed by atoms with Crippen LogP contribution in [0.4, 0.5) is 0 Å². The van der Waals surface area contributed by atoms with Gasteiger partial charge in [0.05, 0.1) is 16.8 Å². The van der Waals surface area contributed by atoms with Gasteiger partial charge in [-0.15, -0.1) is 0 Å². The zero-order chi connectivity index (χ0) is 22.2. The van der Waals surface area contributed by atoms with Crippen LogP contribution in [0.25, 0.3) is 0 Å². The van der Waals surface area contributed by atoms with Crippen molar-refractivity contribution in [1.82, 2.24) is 5.43 Å². The van der Waals surface area contributed by atoms with Crippen molar-refractivity contribution in [3.63, 3.8) is 0 Å². The molecule has 0 saturated carbocycles. The number of rotatable bonds is 7. The van der Waals surface area contributed by atoms with E-state index in [-0.39, 0.29) is 23.1 Å². The lowest BCUT2D eigenvalue weighted by Crippen LogP contribution is -2.24. The highest BCUT2D eigenvalue weighted by Gasteiger charge is 2.11. The molecule has 0 aliphatic rings. The summed E-state index contributed by atoms with van der Waals surface area (Å²) in [6.45, 7) is -0.315. The monoisotopic (exact) mass is 476 g/mol. The molecular weight excluding hydrogens is 463 g/mol. The first-order chi connectivity index (χ1) is 14.9. The molecule has 0 spiro atoms. The van der Waals surface area contributed by atoms with Gasteiger partial charge in [-0.1, -0.05) is 53.0 Å². The quantitative estimate of drug-likeness (QED) is 0.214. The van der Waals surface area contributed by atoms with E-state index in [4.69, 9.17) is 44.3 Å². The van der Waals surface area contributed by atoms with Gasteiger partial charge in [0, 0.05) is 10.6 Å². The maximum atomic E-state index is 12.3. The Morgan fingerprint density at radius 1 is 0.903 bits per heavy atom. The van der Waals surface area contributed by atoms with E-state index in [1.807, 2.05) is 0 Å². The van der Waals surface area contributed by atoms with Gasteiger partial charge in [0.2, 0.25) is 0 Å². The van der Waals surface area contributed by atoms with Crippen molar-refractivity contribution >= 4 is 52.9 Å². The summed E-state index contributed by atoms with van der Waals surface area (Å²) in [6.07, 6.45) is 1.36. The number of ether oxygens (including phenoxy) is 2. The third kappa shape index (κ3) is 6.46. The summed E-state index contributed by atoms with van der Waals surface area (Å²) in [5.74, 6) is -0.494. The Hall–Kier alpha value is -3.06. The number of hydrazone groups is 1. The van der Waals surface area contributed by atoms with Gasteiger partial charge in [-0.05, 0) is 48.5 Å². The van der Waals surface area contributed by atoms with Crippen LogP contribution in [0.5, 0.6) is 11.5 Å². The molecular formula is C22H15Cl3N2O4. The number of para-hydroxylation sites is 1. The summed E-state index contributed by atoms with van der Waals surface area (Å²) in [5.41, 5.74) is 3.17. The molecule has 0 bridgehead atoms. The predicted octanol–water partition coefficient (Wildman–Crippen LogP) is 5.40. The smallest absolute Gasteiger partial charge is 0.343 e. The van der Waals surface area contributed by atoms with E-state index in [2.05, 4.69) is 10.5 Å². The summed E-state index contributed by atoms with van der Waals surface area (Å²) in [5, 5.41) is 4.93. The molecule has 3 aromatic carbocycles. The molecule has 0 saturated heterocycles. The molecule has 0 heterocycles. The summed E-state index contributed by atoms with van der Waals surface area (Å²) >= 11 is 17.7. The average molecular weight is 478 g/mol. The molecule has 1 amide bonds. The van der Waals surface area contributed by atoms with Crippen LogP contribution >= 0.6 is 34.8 Å². The molecule has 0 fully saturated rings. The van der Waals surface area contributed by atoms with Crippen molar-refractivity contribution in [1.29, 1.82) is 0 Å². The first-order valence-corrected chi connectivity index (χ1v) is 10.0. The Bertz CT molecular complexity index is 1120. The van der Waals surface area contributed by atoms with Gasteiger partial charge in [0.15, 0.2) is 6.61 Å². The summed E-state index contributed by atoms with van der Waals surface area (Å²) < 4.78 is 10.8. The Labute approximate surface area is 193 Å². The first-order valence-electron chi connectivity index (χ1n) is 8.89. The van der Waals surface area contributed by atoms with Crippen molar-refractivity contribution < 1.29 is 19.1 Å². The standard InChI is InChI=1S/C22H15Cl3N2O4/c23-16-10-8-14(9-11-16)22(29)31-18-6-2-1-4-15(18)12-26-27-20(28)13-30-19-7-3-5-17(24)21(19)25/h1-12H,13H2,(H,27,28)/b26-12-. The topological polar surface area (TPSA) is 77.0 Å². The molecule has 9 heteroatoms. The van der Waals surface area contributed by atoms with Gasteiger partial charge < -0.3 is 9.47 Å². The van der Waals surface area contributed by atoms with Crippen LogP contribution in [-0.4, -0.2) is 24.7 Å². The van der Waals surface area contributed by atoms with Gasteiger partial charge in [-0.2, -0.15) is 5.10 Å². The number of nitrogens with one attached hydrogen (secondary N) is 1. The minimum absolute atomic E-state index is 0.219. The molecule has 0 aliphatic heterocycles. The van der Waals surface area contributed by atoms with E-state index in [9.17, 15) is 9.59 Å². The third-order valence-corrected chi connectivity index (χ3v) is 4.92. The molecule has 1 N–H and O–H groups in total. The lowest BCUT2D eigenvalue weighted by Gasteiger charge is -2.08. The highest BCUT2D eigenvalue weighted by molar-refractivity contribution is 6.42. The number of hydrogen-bond donors (Lipinski definition) is 1. The maximum absolute atomic E-state index is 12.3. The van der Waals surface area contributed by atoms with Gasteiger partial charge in [-0.3, -0.25) is 4.79 Å². The zero-order valence-electron chi connectivity index (χ0n) is 15.8. The molecule has 3 aromatic rings. The van der Waals surface area contributed by atoms with Crippen molar-refractivity contribution in [2.24, 2.45) is 5.10 Å². The van der Waals surface area contributed by atoms with Gasteiger partial charge in [-0.25, -0.2) is 10.2 Å². The molecule has 0 atom stereocenters. The first kappa shape index (κ1) is 22.6. The zero-order valence-corrected chi connectivity index (χ0v) is 18.1. The number of amides is 1. The van der Waals surface area contributed by atoms with Gasteiger partial charge in [0.25, 0.3) is 5.91 Å². The largest absolute Gasteiger partial charge is 0.482 e. The normalized spacial score (nSPS) is 10.7. The second kappa shape index (κ2) is 10.8. The number of esters is 1. The van der Waals surface area contributed by atoms with Crippen molar-refractivity contribution in [3.8, 4) is 11.5 Å². The van der Waals surface area contributed by atoms with E-state index >= 15 is 0 Å². The van der Waals surface area contributed by atoms with Crippen LogP contribution in [0.3, 0.4) is 0 Å². The molecule has 158 valence electrons. The van der Waals surface area contributed by atoms with E-state index in [1.165, 1.54) is 6.21 Å². The second-order valence-corrected chi connectivity index (χ2v) is 7.29. The Balaban J connectivity index is 1.58. The summed E-state index contributed by atoms with van der Waals surface area (Å²) in [7, 11) is 0. The Morgan fingerprint density at radius 2 is 1.61 bits per heavy atom. The highest BCUT2D eigenvalue weighted by Crippen LogP contribution is 2.31. The fraction of sp³-hybridized carbons (Fsp3) is 0.0455. The number of benzene rings is 3. The number of carbonyl (C=O) groups is 2. The molecule has 6 nitrogen and oxygen atoms in total. The molecule has 0 aromatic heterocycles. The minimum Gasteiger partial charge on any atom is -0.482 e. The van der Waals surface area contributed by atoms with Crippen LogP contribution in [-0.2, 0) is 4.79 Å². The van der Waals surface area contributed by atoms with Gasteiger partial charge in [0.1, 0.15) is 16.5 Å². The fourth-order valence-corrected chi connectivity index (χ4v) is 2.84. The predicted molar refractivity (Wildman–Crippen MR) is 121 cm³/mol. The lowest BCUT2D eigenvalue weighted by molar-refractivity contribution is -0.123. The number of halogens is 3. The van der Waals surface area contributed by atoms with Crippen LogP contribution in [0.2, 0.25) is 15.1 Å². The SMILES string of the molecule is O=C(COc1cccc(Cl)c1Cl)N/N=C\c1ccccc1OC(=O)c1ccc(Cl)cc1. The van der Waals surface area contributed by atoms with E-state index in [0.717, 1.165) is 0 Å². The second-order valence-electron chi connectivity index (χ2n) is 6.07.